The first-order valence-corrected chi connectivity index (χ1v) is 3.62. The van der Waals surface area contributed by atoms with Gasteiger partial charge in [-0.2, -0.15) is 8.78 Å². The lowest BCUT2D eigenvalue weighted by molar-refractivity contribution is -0.188. The maximum absolute atomic E-state index is 12.3. The van der Waals surface area contributed by atoms with Crippen molar-refractivity contribution >= 4 is 0 Å². The van der Waals surface area contributed by atoms with Crippen LogP contribution in [0.4, 0.5) is 13.2 Å². The van der Waals surface area contributed by atoms with E-state index in [0.29, 0.717) is 0 Å². The third kappa shape index (κ3) is 2.84. The topological polar surface area (TPSA) is 55.2 Å². The molecule has 0 saturated heterocycles. The van der Waals surface area contributed by atoms with E-state index in [9.17, 15) is 13.2 Å². The van der Waals surface area contributed by atoms with Crippen molar-refractivity contribution in [3.05, 3.63) is 18.1 Å². The Bertz CT molecular complexity index is 291. The molecule has 0 aromatic carbocycles. The molecule has 0 aliphatic carbocycles. The molecule has 0 amide bonds. The summed E-state index contributed by atoms with van der Waals surface area (Å²) in [5, 5.41) is 8.56. The fraction of sp³-hybridized carbons (Fsp3) is 0.429. The standard InChI is InChI=1S/C7H7F3N2O2/c8-4-7(9,10)14-6-2-11-5(3-13)1-12-6/h1-2,13H,3-4H2. The quantitative estimate of drug-likeness (QED) is 0.799. The Labute approximate surface area is 77.4 Å². The van der Waals surface area contributed by atoms with E-state index in [2.05, 4.69) is 14.7 Å². The number of aliphatic hydroxyl groups is 1. The molecule has 78 valence electrons. The minimum Gasteiger partial charge on any atom is -0.411 e. The van der Waals surface area contributed by atoms with Crippen molar-refractivity contribution in [3.8, 4) is 5.88 Å². The number of hydrogen-bond acceptors (Lipinski definition) is 4. The van der Waals surface area contributed by atoms with Gasteiger partial charge in [0.25, 0.3) is 0 Å². The fourth-order valence-electron chi connectivity index (χ4n) is 0.658. The van der Waals surface area contributed by atoms with E-state index < -0.39 is 18.7 Å². The maximum atomic E-state index is 12.3. The van der Waals surface area contributed by atoms with E-state index in [0.717, 1.165) is 12.4 Å². The lowest BCUT2D eigenvalue weighted by Crippen LogP contribution is -2.27. The number of hydrogen-bond donors (Lipinski definition) is 1. The van der Waals surface area contributed by atoms with Crippen LogP contribution in [0.1, 0.15) is 5.69 Å². The highest BCUT2D eigenvalue weighted by Gasteiger charge is 2.32. The Morgan fingerprint density at radius 3 is 2.50 bits per heavy atom. The van der Waals surface area contributed by atoms with Crippen molar-refractivity contribution in [2.24, 2.45) is 0 Å². The summed E-state index contributed by atoms with van der Waals surface area (Å²) in [4.78, 5) is 6.91. The lowest BCUT2D eigenvalue weighted by Gasteiger charge is -2.12. The van der Waals surface area contributed by atoms with Gasteiger partial charge in [-0.05, 0) is 0 Å². The molecule has 14 heavy (non-hydrogen) atoms. The maximum Gasteiger partial charge on any atom is 0.428 e. The highest BCUT2D eigenvalue weighted by Crippen LogP contribution is 2.18. The van der Waals surface area contributed by atoms with Crippen LogP contribution in [0.15, 0.2) is 12.4 Å². The minimum atomic E-state index is -3.89. The third-order valence-electron chi connectivity index (χ3n) is 1.25. The van der Waals surface area contributed by atoms with Crippen LogP contribution in [0.5, 0.6) is 5.88 Å². The van der Waals surface area contributed by atoms with Crippen LogP contribution in [0, 0.1) is 0 Å². The Kier molecular flexibility index (Phi) is 3.23. The molecule has 0 saturated carbocycles. The molecule has 1 heterocycles. The van der Waals surface area contributed by atoms with E-state index in [1.165, 1.54) is 0 Å². The summed E-state index contributed by atoms with van der Waals surface area (Å²) in [6.07, 6.45) is -1.95. The van der Waals surface area contributed by atoms with Crippen LogP contribution >= 0.6 is 0 Å². The Morgan fingerprint density at radius 2 is 2.07 bits per heavy atom. The van der Waals surface area contributed by atoms with Gasteiger partial charge in [0, 0.05) is 0 Å². The predicted octanol–water partition coefficient (Wildman–Crippen LogP) is 0.910. The molecule has 0 aliphatic heterocycles. The number of aliphatic hydroxyl groups excluding tert-OH is 1. The molecule has 0 spiro atoms. The van der Waals surface area contributed by atoms with Crippen molar-refractivity contribution < 1.29 is 23.0 Å². The van der Waals surface area contributed by atoms with Crippen molar-refractivity contribution in [1.82, 2.24) is 9.97 Å². The summed E-state index contributed by atoms with van der Waals surface area (Å²) in [5.41, 5.74) is 0.209. The molecule has 0 aliphatic rings. The van der Waals surface area contributed by atoms with E-state index in [1.54, 1.807) is 0 Å². The Hall–Kier alpha value is -1.37. The van der Waals surface area contributed by atoms with Crippen molar-refractivity contribution in [3.63, 3.8) is 0 Å². The molecule has 0 fully saturated rings. The molecule has 4 nitrogen and oxygen atoms in total. The molecular formula is C7H7F3N2O2. The molecule has 0 radical (unpaired) electrons. The monoisotopic (exact) mass is 208 g/mol. The van der Waals surface area contributed by atoms with E-state index in [1.807, 2.05) is 0 Å². The molecular weight excluding hydrogens is 201 g/mol. The Balaban J connectivity index is 2.69. The summed E-state index contributed by atoms with van der Waals surface area (Å²) in [5.74, 6) is -0.496. The van der Waals surface area contributed by atoms with Crippen LogP contribution in [-0.4, -0.2) is 27.9 Å². The zero-order chi connectivity index (χ0) is 10.6. The largest absolute Gasteiger partial charge is 0.428 e. The van der Waals surface area contributed by atoms with Gasteiger partial charge in [-0.1, -0.05) is 0 Å². The van der Waals surface area contributed by atoms with Gasteiger partial charge in [-0.3, -0.25) is 4.98 Å². The summed E-state index contributed by atoms with van der Waals surface area (Å²) in [6.45, 7) is -2.29. The number of nitrogens with zero attached hydrogens (tertiary/aromatic N) is 2. The first-order valence-electron chi connectivity index (χ1n) is 3.62. The van der Waals surface area contributed by atoms with Crippen molar-refractivity contribution in [1.29, 1.82) is 0 Å². The highest BCUT2D eigenvalue weighted by atomic mass is 19.3. The second-order valence-electron chi connectivity index (χ2n) is 2.38. The van der Waals surface area contributed by atoms with E-state index in [-0.39, 0.29) is 12.3 Å². The number of rotatable bonds is 4. The minimum absolute atomic E-state index is 0.209. The van der Waals surface area contributed by atoms with Crippen molar-refractivity contribution in [2.75, 3.05) is 6.67 Å². The first kappa shape index (κ1) is 10.7. The van der Waals surface area contributed by atoms with Gasteiger partial charge >= 0.3 is 6.11 Å². The second-order valence-corrected chi connectivity index (χ2v) is 2.38. The van der Waals surface area contributed by atoms with Crippen LogP contribution < -0.4 is 4.74 Å². The zero-order valence-corrected chi connectivity index (χ0v) is 6.95. The summed E-state index contributed by atoms with van der Waals surface area (Å²) < 4.78 is 40.1. The summed E-state index contributed by atoms with van der Waals surface area (Å²) >= 11 is 0. The number of ether oxygens (including phenoxy) is 1. The van der Waals surface area contributed by atoms with Gasteiger partial charge in [-0.25, -0.2) is 9.37 Å². The zero-order valence-electron chi connectivity index (χ0n) is 6.95. The van der Waals surface area contributed by atoms with Crippen molar-refractivity contribution in [2.45, 2.75) is 12.7 Å². The SMILES string of the molecule is OCc1cnc(OC(F)(F)CF)cn1. The van der Waals surface area contributed by atoms with Gasteiger partial charge in [-0.15, -0.1) is 0 Å². The lowest BCUT2D eigenvalue weighted by atomic mass is 10.5. The molecule has 0 atom stereocenters. The molecule has 7 heteroatoms. The first-order chi connectivity index (χ1) is 6.57. The summed E-state index contributed by atoms with van der Waals surface area (Å²) in [7, 11) is 0. The molecule has 0 unspecified atom stereocenters. The van der Waals surface area contributed by atoms with Gasteiger partial charge in [0.15, 0.2) is 6.67 Å². The van der Waals surface area contributed by atoms with Crippen LogP contribution in [-0.2, 0) is 6.61 Å². The second kappa shape index (κ2) is 4.23. The number of halogens is 3. The molecule has 1 aromatic rings. The third-order valence-corrected chi connectivity index (χ3v) is 1.25. The van der Waals surface area contributed by atoms with Crippen LogP contribution in [0.3, 0.4) is 0 Å². The molecule has 1 rings (SSSR count). The summed E-state index contributed by atoms with van der Waals surface area (Å²) in [6, 6.07) is 0. The fourth-order valence-corrected chi connectivity index (χ4v) is 0.658. The van der Waals surface area contributed by atoms with E-state index >= 15 is 0 Å². The number of aromatic nitrogens is 2. The Morgan fingerprint density at radius 1 is 1.36 bits per heavy atom. The average molecular weight is 208 g/mol. The van der Waals surface area contributed by atoms with Gasteiger partial charge in [0.1, 0.15) is 0 Å². The van der Waals surface area contributed by atoms with Gasteiger partial charge < -0.3 is 9.84 Å². The van der Waals surface area contributed by atoms with Crippen LogP contribution in [0.2, 0.25) is 0 Å². The highest BCUT2D eigenvalue weighted by molar-refractivity contribution is 5.07. The van der Waals surface area contributed by atoms with Gasteiger partial charge in [0.2, 0.25) is 5.88 Å². The molecule has 1 aromatic heterocycles. The predicted molar refractivity (Wildman–Crippen MR) is 39.5 cm³/mol. The van der Waals surface area contributed by atoms with E-state index in [4.69, 9.17) is 5.11 Å². The van der Waals surface area contributed by atoms with Crippen LogP contribution in [0.25, 0.3) is 0 Å². The molecule has 1 N–H and O–H groups in total. The average Bonchev–Trinajstić information content (AvgIpc) is 2.19. The number of alkyl halides is 3. The smallest absolute Gasteiger partial charge is 0.411 e. The molecule has 0 bridgehead atoms. The normalized spacial score (nSPS) is 11.4. The van der Waals surface area contributed by atoms with Gasteiger partial charge in [0.05, 0.1) is 24.7 Å².